The molecule has 0 atom stereocenters. The van der Waals surface area contributed by atoms with Gasteiger partial charge in [-0.3, -0.25) is 29.5 Å². The highest BCUT2D eigenvalue weighted by Crippen LogP contribution is 2.37. The Kier molecular flexibility index (Phi) is 18.4. The van der Waals surface area contributed by atoms with Gasteiger partial charge in [0, 0.05) is 74.7 Å². The standard InChI is InChI=1S/C14H21NO2.C11H13NO6.C11H15NO2.C11H17NO2/c1-9(2)6-11-7-15-10(3)13-12(11)8-16-14(4,5)17-13;1-5-9(14)8(4-13)6(3-12-5)2-7(10(15)16)11(17)18;1-7-5-12-8(2)10-9(7)6-13-11(3,4)14-10;1-7(2)4-9-5-12-8(3)11(14)10(9)6-13/h7,9H,6,8H2,1-5H3;3,7,13-14H,2,4H2,1H3,(H,15,16)(H,17,18);5H,6H2,1-4H3;5,7,13-14H,4,6H2,1-3H3. The number of aliphatic carboxylic acids is 2. The number of aromatic hydroxyl groups is 2. The van der Waals surface area contributed by atoms with Crippen molar-refractivity contribution in [2.24, 2.45) is 17.8 Å². The van der Waals surface area contributed by atoms with E-state index in [1.165, 1.54) is 24.2 Å². The van der Waals surface area contributed by atoms with Crippen LogP contribution in [0, 0.1) is 52.4 Å². The molecule has 63 heavy (non-hydrogen) atoms. The summed E-state index contributed by atoms with van der Waals surface area (Å²) in [5, 5.41) is 55.1. The molecular formula is C47H66N4O12. The Labute approximate surface area is 370 Å². The van der Waals surface area contributed by atoms with Crippen LogP contribution in [-0.4, -0.2) is 74.1 Å². The lowest BCUT2D eigenvalue weighted by molar-refractivity contribution is -0.181. The van der Waals surface area contributed by atoms with E-state index >= 15 is 0 Å². The van der Waals surface area contributed by atoms with Gasteiger partial charge in [-0.15, -0.1) is 0 Å². The number of carbonyl (C=O) groups is 2. The van der Waals surface area contributed by atoms with Gasteiger partial charge in [-0.25, -0.2) is 0 Å². The summed E-state index contributed by atoms with van der Waals surface area (Å²) in [5.74, 6) is -2.89. The van der Waals surface area contributed by atoms with Crippen molar-refractivity contribution in [1.82, 2.24) is 19.9 Å². The monoisotopic (exact) mass is 878 g/mol. The fourth-order valence-corrected chi connectivity index (χ4v) is 6.68. The molecule has 6 N–H and O–H groups in total. The van der Waals surface area contributed by atoms with Crippen molar-refractivity contribution in [3.05, 3.63) is 92.1 Å². The van der Waals surface area contributed by atoms with E-state index in [0.717, 1.165) is 52.4 Å². The third kappa shape index (κ3) is 14.3. The van der Waals surface area contributed by atoms with Gasteiger partial charge in [0.05, 0.1) is 49.2 Å². The zero-order valence-electron chi connectivity index (χ0n) is 38.9. The van der Waals surface area contributed by atoms with Crippen LogP contribution in [0.4, 0.5) is 0 Å². The number of rotatable bonds is 10. The summed E-state index contributed by atoms with van der Waals surface area (Å²) in [4.78, 5) is 38.1. The largest absolute Gasteiger partial charge is 0.506 e. The van der Waals surface area contributed by atoms with Gasteiger partial charge < -0.3 is 49.6 Å². The Hall–Kier alpha value is -5.42. The van der Waals surface area contributed by atoms with Crippen LogP contribution in [0.3, 0.4) is 0 Å². The van der Waals surface area contributed by atoms with Gasteiger partial charge in [0.25, 0.3) is 0 Å². The molecule has 0 aromatic carbocycles. The van der Waals surface area contributed by atoms with Crippen LogP contribution in [0.25, 0.3) is 0 Å². The number of aromatic nitrogens is 4. The van der Waals surface area contributed by atoms with Crippen LogP contribution in [0.2, 0.25) is 0 Å². The van der Waals surface area contributed by atoms with Crippen molar-refractivity contribution in [3.63, 3.8) is 0 Å². The summed E-state index contributed by atoms with van der Waals surface area (Å²) in [6, 6.07) is 0. The maximum Gasteiger partial charge on any atom is 0.318 e. The number of nitrogens with zero attached hydrogens (tertiary/aromatic N) is 4. The molecule has 0 saturated heterocycles. The highest BCUT2D eigenvalue weighted by molar-refractivity contribution is 5.93. The molecule has 0 spiro atoms. The number of ether oxygens (including phenoxy) is 4. The molecule has 0 aliphatic carbocycles. The van der Waals surface area contributed by atoms with Crippen LogP contribution in [0.5, 0.6) is 23.0 Å². The second kappa shape index (κ2) is 22.3. The molecule has 6 heterocycles. The summed E-state index contributed by atoms with van der Waals surface area (Å²) < 4.78 is 22.9. The lowest BCUT2D eigenvalue weighted by atomic mass is 9.96. The van der Waals surface area contributed by atoms with Gasteiger partial charge in [-0.2, -0.15) is 0 Å². The zero-order valence-corrected chi connectivity index (χ0v) is 38.9. The molecule has 0 saturated carbocycles. The van der Waals surface area contributed by atoms with E-state index in [2.05, 4.69) is 47.6 Å². The molecule has 16 nitrogen and oxygen atoms in total. The minimum absolute atomic E-state index is 0.106. The highest BCUT2D eigenvalue weighted by atomic mass is 16.7. The number of aliphatic hydroxyl groups is 2. The van der Waals surface area contributed by atoms with E-state index in [1.54, 1.807) is 13.1 Å². The predicted octanol–water partition coefficient (Wildman–Crippen LogP) is 7.28. The van der Waals surface area contributed by atoms with Crippen molar-refractivity contribution < 1.29 is 59.2 Å². The summed E-state index contributed by atoms with van der Waals surface area (Å²) in [6.45, 7) is 26.1. The fraction of sp³-hybridized carbons (Fsp3) is 0.532. The van der Waals surface area contributed by atoms with E-state index in [4.69, 9.17) is 39.4 Å². The first kappa shape index (κ1) is 51.9. The molecule has 0 radical (unpaired) electrons. The third-order valence-electron chi connectivity index (χ3n) is 10.2. The van der Waals surface area contributed by atoms with E-state index in [1.807, 2.05) is 60.9 Å². The normalized spacial score (nSPS) is 14.4. The Morgan fingerprint density at radius 1 is 0.587 bits per heavy atom. The first-order valence-electron chi connectivity index (χ1n) is 20.9. The number of pyridine rings is 4. The van der Waals surface area contributed by atoms with Crippen LogP contribution in [-0.2, 0) is 64.8 Å². The molecule has 0 fully saturated rings. The van der Waals surface area contributed by atoms with Crippen LogP contribution in [0.15, 0.2) is 24.8 Å². The maximum absolute atomic E-state index is 10.8. The van der Waals surface area contributed by atoms with Gasteiger partial charge >= 0.3 is 11.9 Å². The minimum atomic E-state index is -1.64. The first-order valence-corrected chi connectivity index (χ1v) is 20.9. The predicted molar refractivity (Wildman–Crippen MR) is 234 cm³/mol. The fourth-order valence-electron chi connectivity index (χ4n) is 6.68. The Balaban J connectivity index is 0.000000225. The third-order valence-corrected chi connectivity index (χ3v) is 10.2. The Morgan fingerprint density at radius 3 is 1.38 bits per heavy atom. The van der Waals surface area contributed by atoms with E-state index in [-0.39, 0.29) is 41.3 Å². The zero-order chi connectivity index (χ0) is 47.6. The molecule has 16 heteroatoms. The molecule has 2 aliphatic heterocycles. The van der Waals surface area contributed by atoms with Crippen molar-refractivity contribution in [2.45, 2.75) is 147 Å². The average Bonchev–Trinajstić information content (AvgIpc) is 3.19. The second-order valence-electron chi connectivity index (χ2n) is 17.4. The molecule has 346 valence electrons. The number of hydrogen-bond acceptors (Lipinski definition) is 14. The summed E-state index contributed by atoms with van der Waals surface area (Å²) in [7, 11) is 0. The van der Waals surface area contributed by atoms with E-state index in [9.17, 15) is 19.8 Å². The number of aliphatic hydroxyl groups excluding tert-OH is 2. The first-order chi connectivity index (χ1) is 29.3. The number of carboxylic acid groups (broad SMARTS) is 2. The quantitative estimate of drug-likeness (QED) is 0.0857. The molecule has 0 amide bonds. The number of fused-ring (bicyclic) bond motifs is 2. The van der Waals surface area contributed by atoms with Gasteiger partial charge in [0.2, 0.25) is 11.6 Å². The molecule has 0 bridgehead atoms. The molecule has 6 rings (SSSR count). The van der Waals surface area contributed by atoms with Crippen molar-refractivity contribution >= 4 is 11.9 Å². The summed E-state index contributed by atoms with van der Waals surface area (Å²) in [5.41, 5.74) is 9.26. The molecule has 0 unspecified atom stereocenters. The van der Waals surface area contributed by atoms with Gasteiger partial charge in [0.1, 0.15) is 23.0 Å². The van der Waals surface area contributed by atoms with Crippen molar-refractivity contribution in [3.8, 4) is 23.0 Å². The van der Waals surface area contributed by atoms with E-state index < -0.39 is 36.0 Å². The second-order valence-corrected chi connectivity index (χ2v) is 17.4. The Morgan fingerprint density at radius 2 is 0.952 bits per heavy atom. The van der Waals surface area contributed by atoms with Gasteiger partial charge in [-0.1, -0.05) is 27.7 Å². The van der Waals surface area contributed by atoms with Crippen molar-refractivity contribution in [2.75, 3.05) is 0 Å². The molecular weight excluding hydrogens is 813 g/mol. The lowest BCUT2D eigenvalue weighted by Crippen LogP contribution is -2.36. The maximum atomic E-state index is 10.8. The van der Waals surface area contributed by atoms with Crippen LogP contribution >= 0.6 is 0 Å². The molecule has 4 aromatic heterocycles. The molecule has 4 aromatic rings. The highest BCUT2D eigenvalue weighted by Gasteiger charge is 2.32. The lowest BCUT2D eigenvalue weighted by Gasteiger charge is -2.34. The summed E-state index contributed by atoms with van der Waals surface area (Å²) in [6.07, 6.45) is 8.32. The topological polar surface area (TPSA) is 244 Å². The van der Waals surface area contributed by atoms with Crippen LogP contribution in [0.1, 0.15) is 123 Å². The van der Waals surface area contributed by atoms with Gasteiger partial charge in [-0.05, 0) is 88.0 Å². The molecule has 2 aliphatic rings. The SMILES string of the molecule is Cc1cnc(C)c2c1COC(C)(C)O2.Cc1ncc(CC(C(=O)O)C(=O)O)c(CO)c1O.Cc1ncc(CC(C)C)c(CO)c1O.Cc1ncc(CC(C)C)c2c1OC(C)(C)OC2. The number of aryl methyl sites for hydroxylation is 5. The van der Waals surface area contributed by atoms with Gasteiger partial charge in [0.15, 0.2) is 5.92 Å². The minimum Gasteiger partial charge on any atom is -0.506 e. The average molecular weight is 879 g/mol. The Bertz CT molecular complexity index is 2210. The van der Waals surface area contributed by atoms with E-state index in [0.29, 0.717) is 36.3 Å². The number of carboxylic acids is 2. The van der Waals surface area contributed by atoms with Crippen molar-refractivity contribution in [1.29, 1.82) is 0 Å². The van der Waals surface area contributed by atoms with Crippen LogP contribution < -0.4 is 9.47 Å². The smallest absolute Gasteiger partial charge is 0.318 e. The number of hydrogen-bond donors (Lipinski definition) is 6. The summed E-state index contributed by atoms with van der Waals surface area (Å²) >= 11 is 0.